The summed E-state index contributed by atoms with van der Waals surface area (Å²) in [4.78, 5) is 10.0. The molecule has 1 aromatic heterocycles. The topological polar surface area (TPSA) is 55.7 Å². The summed E-state index contributed by atoms with van der Waals surface area (Å²) in [5.41, 5.74) is 1.18. The number of rotatable bonds is 8. The zero-order valence-corrected chi connectivity index (χ0v) is 16.5. The summed E-state index contributed by atoms with van der Waals surface area (Å²) in [6.07, 6.45) is 5.41. The Labute approximate surface area is 159 Å². The van der Waals surface area contributed by atoms with Crippen LogP contribution in [0.3, 0.4) is 0 Å². The van der Waals surface area contributed by atoms with Crippen LogP contribution in [-0.2, 0) is 13.1 Å². The summed E-state index contributed by atoms with van der Waals surface area (Å²) in [6.45, 7) is 7.01. The van der Waals surface area contributed by atoms with Gasteiger partial charge in [0.15, 0.2) is 0 Å². The number of ether oxygens (including phenoxy) is 2. The second-order valence-corrected chi connectivity index (χ2v) is 7.14. The monoisotopic (exact) mass is 377 g/mol. The van der Waals surface area contributed by atoms with Gasteiger partial charge in [0.25, 0.3) is 0 Å². The molecule has 0 saturated carbocycles. The lowest BCUT2D eigenvalue weighted by Gasteiger charge is -2.35. The van der Waals surface area contributed by atoms with Crippen LogP contribution in [0.2, 0.25) is 0 Å². The highest BCUT2D eigenvalue weighted by molar-refractivity contribution is 7.98. The Morgan fingerprint density at radius 2 is 1.73 bits per heavy atom. The van der Waals surface area contributed by atoms with Crippen molar-refractivity contribution in [2.24, 2.45) is 0 Å². The number of hydrogen-bond acceptors (Lipinski definition) is 7. The normalized spacial score (nSPS) is 16.0. The molecule has 1 fully saturated rings. The van der Waals surface area contributed by atoms with Crippen LogP contribution in [0.25, 0.3) is 0 Å². The summed E-state index contributed by atoms with van der Waals surface area (Å²) in [5, 5.41) is 4.16. The maximum absolute atomic E-state index is 5.61. The minimum Gasteiger partial charge on any atom is -0.496 e. The first kappa shape index (κ1) is 19.0. The van der Waals surface area contributed by atoms with Crippen molar-refractivity contribution in [1.82, 2.24) is 24.6 Å². The van der Waals surface area contributed by atoms with Crippen LogP contribution < -0.4 is 9.47 Å². The number of benzene rings is 1. The third-order valence-corrected chi connectivity index (χ3v) is 5.52. The van der Waals surface area contributed by atoms with Crippen molar-refractivity contribution >= 4 is 11.8 Å². The van der Waals surface area contributed by atoms with E-state index in [1.807, 2.05) is 4.68 Å². The van der Waals surface area contributed by atoms with E-state index in [0.717, 1.165) is 62.2 Å². The van der Waals surface area contributed by atoms with Gasteiger partial charge in [-0.3, -0.25) is 14.5 Å². The van der Waals surface area contributed by atoms with Crippen molar-refractivity contribution in [1.29, 1.82) is 0 Å². The van der Waals surface area contributed by atoms with Gasteiger partial charge in [0.05, 0.1) is 25.7 Å². The predicted molar refractivity (Wildman–Crippen MR) is 103 cm³/mol. The summed E-state index contributed by atoms with van der Waals surface area (Å²) in [6, 6.07) is 4.19. The molecule has 7 nitrogen and oxygen atoms in total. The van der Waals surface area contributed by atoms with E-state index in [-0.39, 0.29) is 0 Å². The number of aromatic nitrogens is 3. The van der Waals surface area contributed by atoms with Crippen molar-refractivity contribution in [2.75, 3.05) is 53.2 Å². The maximum atomic E-state index is 5.61. The molecule has 0 atom stereocenters. The van der Waals surface area contributed by atoms with Crippen molar-refractivity contribution in [3.8, 4) is 11.5 Å². The fourth-order valence-electron chi connectivity index (χ4n) is 3.22. The van der Waals surface area contributed by atoms with Gasteiger partial charge in [-0.15, -0.1) is 11.8 Å². The SMILES string of the molecule is COc1cc(SC)c(OC)cc1CN1CCN(CCn2cncn2)CC1. The van der Waals surface area contributed by atoms with E-state index in [1.165, 1.54) is 5.56 Å². The van der Waals surface area contributed by atoms with E-state index >= 15 is 0 Å². The summed E-state index contributed by atoms with van der Waals surface area (Å²) >= 11 is 1.67. The van der Waals surface area contributed by atoms with Crippen LogP contribution in [0.5, 0.6) is 11.5 Å². The van der Waals surface area contributed by atoms with Crippen LogP contribution >= 0.6 is 11.8 Å². The van der Waals surface area contributed by atoms with Crippen LogP contribution in [0.15, 0.2) is 29.7 Å². The zero-order valence-electron chi connectivity index (χ0n) is 15.7. The lowest BCUT2D eigenvalue weighted by molar-refractivity contribution is 0.122. The maximum Gasteiger partial charge on any atom is 0.137 e. The van der Waals surface area contributed by atoms with Crippen molar-refractivity contribution < 1.29 is 9.47 Å². The molecular weight excluding hydrogens is 350 g/mol. The number of piperazine rings is 1. The molecule has 1 saturated heterocycles. The summed E-state index contributed by atoms with van der Waals surface area (Å²) in [5.74, 6) is 1.85. The van der Waals surface area contributed by atoms with Gasteiger partial charge in [-0.25, -0.2) is 4.98 Å². The van der Waals surface area contributed by atoms with E-state index < -0.39 is 0 Å². The van der Waals surface area contributed by atoms with Crippen molar-refractivity contribution in [3.63, 3.8) is 0 Å². The first-order valence-electron chi connectivity index (χ1n) is 8.79. The number of nitrogens with zero attached hydrogens (tertiary/aromatic N) is 5. The quantitative estimate of drug-likeness (QED) is 0.651. The van der Waals surface area contributed by atoms with Gasteiger partial charge in [0, 0.05) is 44.8 Å². The minimum absolute atomic E-state index is 0.880. The highest BCUT2D eigenvalue weighted by Crippen LogP contribution is 2.35. The average Bonchev–Trinajstić information content (AvgIpc) is 3.20. The molecule has 0 amide bonds. The van der Waals surface area contributed by atoms with E-state index in [4.69, 9.17) is 9.47 Å². The molecule has 26 heavy (non-hydrogen) atoms. The van der Waals surface area contributed by atoms with Gasteiger partial charge in [-0.2, -0.15) is 5.10 Å². The molecule has 1 aromatic carbocycles. The lowest BCUT2D eigenvalue weighted by Crippen LogP contribution is -2.46. The van der Waals surface area contributed by atoms with Crippen molar-refractivity contribution in [3.05, 3.63) is 30.4 Å². The summed E-state index contributed by atoms with van der Waals surface area (Å²) in [7, 11) is 3.46. The minimum atomic E-state index is 0.880. The molecule has 0 aliphatic carbocycles. The van der Waals surface area contributed by atoms with Crippen LogP contribution in [0, 0.1) is 0 Å². The first-order valence-corrected chi connectivity index (χ1v) is 10.0. The Hall–Kier alpha value is -1.77. The molecule has 3 rings (SSSR count). The molecule has 0 unspecified atom stereocenters. The first-order chi connectivity index (χ1) is 12.7. The van der Waals surface area contributed by atoms with E-state index in [0.29, 0.717) is 0 Å². The Balaban J connectivity index is 1.55. The van der Waals surface area contributed by atoms with E-state index in [1.54, 1.807) is 38.6 Å². The van der Waals surface area contributed by atoms with Gasteiger partial charge in [0.1, 0.15) is 24.2 Å². The highest BCUT2D eigenvalue weighted by Gasteiger charge is 2.19. The molecule has 0 bridgehead atoms. The molecule has 2 heterocycles. The molecule has 2 aromatic rings. The fourth-order valence-corrected chi connectivity index (χ4v) is 3.79. The van der Waals surface area contributed by atoms with E-state index in [2.05, 4.69) is 38.3 Å². The molecule has 0 spiro atoms. The molecular formula is C18H27N5O2S. The third-order valence-electron chi connectivity index (χ3n) is 4.76. The number of thioether (sulfide) groups is 1. The Morgan fingerprint density at radius 3 is 2.35 bits per heavy atom. The molecule has 142 valence electrons. The number of hydrogen-bond donors (Lipinski definition) is 0. The lowest BCUT2D eigenvalue weighted by atomic mass is 10.1. The standard InChI is InChI=1S/C18H27N5O2S/c1-24-16-11-18(26-3)17(25-2)10-15(16)12-22-6-4-21(5-7-22)8-9-23-14-19-13-20-23/h10-11,13-14H,4-9,12H2,1-3H3. The van der Waals surface area contributed by atoms with Crippen LogP contribution in [0.1, 0.15) is 5.56 Å². The van der Waals surface area contributed by atoms with Crippen molar-refractivity contribution in [2.45, 2.75) is 18.0 Å². The fraction of sp³-hybridized carbons (Fsp3) is 0.556. The van der Waals surface area contributed by atoms with Gasteiger partial charge < -0.3 is 9.47 Å². The van der Waals surface area contributed by atoms with Gasteiger partial charge in [-0.05, 0) is 18.4 Å². The number of methoxy groups -OCH3 is 2. The molecule has 1 aliphatic rings. The third kappa shape index (κ3) is 4.69. The van der Waals surface area contributed by atoms with Crippen LogP contribution in [0.4, 0.5) is 0 Å². The second kappa shape index (κ2) is 9.25. The zero-order chi connectivity index (χ0) is 18.4. The molecule has 1 aliphatic heterocycles. The van der Waals surface area contributed by atoms with Gasteiger partial charge >= 0.3 is 0 Å². The molecule has 8 heteroatoms. The Morgan fingerprint density at radius 1 is 1.00 bits per heavy atom. The molecule has 0 radical (unpaired) electrons. The highest BCUT2D eigenvalue weighted by atomic mass is 32.2. The Kier molecular flexibility index (Phi) is 6.76. The Bertz CT molecular complexity index is 687. The molecule has 0 N–H and O–H groups in total. The largest absolute Gasteiger partial charge is 0.496 e. The van der Waals surface area contributed by atoms with Gasteiger partial charge in [0.2, 0.25) is 0 Å². The smallest absolute Gasteiger partial charge is 0.137 e. The average molecular weight is 378 g/mol. The summed E-state index contributed by atoms with van der Waals surface area (Å²) < 4.78 is 13.0. The second-order valence-electron chi connectivity index (χ2n) is 6.30. The van der Waals surface area contributed by atoms with E-state index in [9.17, 15) is 0 Å². The van der Waals surface area contributed by atoms with Crippen LogP contribution in [-0.4, -0.2) is 77.8 Å². The predicted octanol–water partition coefficient (Wildman–Crippen LogP) is 1.83. The van der Waals surface area contributed by atoms with Gasteiger partial charge in [-0.1, -0.05) is 0 Å².